The average molecular weight is 280 g/mol. The van der Waals surface area contributed by atoms with E-state index in [-0.39, 0.29) is 17.8 Å². The summed E-state index contributed by atoms with van der Waals surface area (Å²) in [4.78, 5) is 11.9. The van der Waals surface area contributed by atoms with Gasteiger partial charge in [0.15, 0.2) is 0 Å². The number of carbonyl (C=O) groups is 1. The summed E-state index contributed by atoms with van der Waals surface area (Å²) in [6.07, 6.45) is 3.54. The number of hydrogen-bond acceptors (Lipinski definition) is 2. The van der Waals surface area contributed by atoms with Gasteiger partial charge in [0.2, 0.25) is 0 Å². The van der Waals surface area contributed by atoms with E-state index in [2.05, 4.69) is 31.3 Å². The molecule has 0 spiro atoms. The SMILES string of the molecule is CC1(C)CC(=O)Cc2cc3c(cc21)CCNCC3.Cl. The molecule has 104 valence electrons. The lowest BCUT2D eigenvalue weighted by molar-refractivity contribution is -0.120. The summed E-state index contributed by atoms with van der Waals surface area (Å²) < 4.78 is 0. The van der Waals surface area contributed by atoms with Crippen molar-refractivity contribution in [3.8, 4) is 0 Å². The Morgan fingerprint density at radius 3 is 2.37 bits per heavy atom. The Bertz CT molecular complexity index is 508. The zero-order valence-electron chi connectivity index (χ0n) is 11.7. The smallest absolute Gasteiger partial charge is 0.138 e. The normalized spacial score (nSPS) is 20.8. The fourth-order valence-corrected chi connectivity index (χ4v) is 3.42. The van der Waals surface area contributed by atoms with Gasteiger partial charge in [0, 0.05) is 12.8 Å². The number of rotatable bonds is 0. The Hall–Kier alpha value is -0.860. The quantitative estimate of drug-likeness (QED) is 0.791. The molecule has 0 saturated heterocycles. The molecule has 3 rings (SSSR count). The fourth-order valence-electron chi connectivity index (χ4n) is 3.42. The number of nitrogens with one attached hydrogen (secondary N) is 1. The van der Waals surface area contributed by atoms with E-state index in [1.807, 2.05) is 0 Å². The molecule has 1 aliphatic heterocycles. The van der Waals surface area contributed by atoms with Gasteiger partial charge in [0.25, 0.3) is 0 Å². The third kappa shape index (κ3) is 2.70. The minimum Gasteiger partial charge on any atom is -0.316 e. The molecule has 2 nitrogen and oxygen atoms in total. The molecular weight excluding hydrogens is 258 g/mol. The van der Waals surface area contributed by atoms with Crippen molar-refractivity contribution in [1.29, 1.82) is 0 Å². The molecule has 0 amide bonds. The molecule has 0 unspecified atom stereocenters. The van der Waals surface area contributed by atoms with E-state index < -0.39 is 0 Å². The van der Waals surface area contributed by atoms with Crippen LogP contribution in [0, 0.1) is 0 Å². The Morgan fingerprint density at radius 2 is 1.68 bits per heavy atom. The zero-order valence-corrected chi connectivity index (χ0v) is 12.5. The highest BCUT2D eigenvalue weighted by Gasteiger charge is 2.32. The van der Waals surface area contributed by atoms with Crippen LogP contribution in [0.5, 0.6) is 0 Å². The molecule has 1 heterocycles. The third-order valence-electron chi connectivity index (χ3n) is 4.32. The fraction of sp³-hybridized carbons (Fsp3) is 0.562. The molecular formula is C16H22ClNO. The van der Waals surface area contributed by atoms with Gasteiger partial charge < -0.3 is 5.32 Å². The van der Waals surface area contributed by atoms with E-state index in [0.29, 0.717) is 18.6 Å². The van der Waals surface area contributed by atoms with Gasteiger partial charge in [-0.2, -0.15) is 0 Å². The van der Waals surface area contributed by atoms with Crippen LogP contribution in [0.15, 0.2) is 12.1 Å². The number of fused-ring (bicyclic) bond motifs is 2. The maximum atomic E-state index is 11.9. The van der Waals surface area contributed by atoms with Crippen molar-refractivity contribution in [2.45, 2.75) is 44.9 Å². The Morgan fingerprint density at radius 1 is 1.05 bits per heavy atom. The van der Waals surface area contributed by atoms with Crippen molar-refractivity contribution in [1.82, 2.24) is 5.32 Å². The van der Waals surface area contributed by atoms with Crippen molar-refractivity contribution >= 4 is 18.2 Å². The molecule has 2 aliphatic rings. The number of benzene rings is 1. The van der Waals surface area contributed by atoms with Gasteiger partial charge in [-0.3, -0.25) is 4.79 Å². The lowest BCUT2D eigenvalue weighted by Gasteiger charge is -2.32. The first kappa shape index (κ1) is 14.5. The van der Waals surface area contributed by atoms with E-state index in [4.69, 9.17) is 0 Å². The van der Waals surface area contributed by atoms with E-state index in [1.165, 1.54) is 22.3 Å². The van der Waals surface area contributed by atoms with Crippen LogP contribution in [0.1, 0.15) is 42.5 Å². The summed E-state index contributed by atoms with van der Waals surface area (Å²) in [5.41, 5.74) is 5.63. The second-order valence-electron chi connectivity index (χ2n) is 6.30. The molecule has 1 aliphatic carbocycles. The number of Topliss-reactive ketones (excluding diaryl/α,β-unsaturated/α-hetero) is 1. The van der Waals surface area contributed by atoms with Crippen LogP contribution in [-0.2, 0) is 29.5 Å². The summed E-state index contributed by atoms with van der Waals surface area (Å²) in [5, 5.41) is 3.45. The van der Waals surface area contributed by atoms with Crippen LogP contribution >= 0.6 is 12.4 Å². The van der Waals surface area contributed by atoms with E-state index >= 15 is 0 Å². The first-order valence-corrected chi connectivity index (χ1v) is 6.94. The van der Waals surface area contributed by atoms with Crippen molar-refractivity contribution < 1.29 is 4.79 Å². The monoisotopic (exact) mass is 279 g/mol. The van der Waals surface area contributed by atoms with Crippen LogP contribution in [0.25, 0.3) is 0 Å². The van der Waals surface area contributed by atoms with E-state index in [9.17, 15) is 4.79 Å². The van der Waals surface area contributed by atoms with Crippen molar-refractivity contribution in [2.75, 3.05) is 13.1 Å². The Labute approximate surface area is 121 Å². The molecule has 0 bridgehead atoms. The largest absolute Gasteiger partial charge is 0.316 e. The maximum absolute atomic E-state index is 11.9. The van der Waals surface area contributed by atoms with Crippen LogP contribution in [0.2, 0.25) is 0 Å². The van der Waals surface area contributed by atoms with Gasteiger partial charge in [0.05, 0.1) is 0 Å². The molecule has 0 aromatic heterocycles. The van der Waals surface area contributed by atoms with E-state index in [0.717, 1.165) is 25.9 Å². The van der Waals surface area contributed by atoms with Gasteiger partial charge in [-0.05, 0) is 53.6 Å². The van der Waals surface area contributed by atoms with Crippen LogP contribution in [0.3, 0.4) is 0 Å². The maximum Gasteiger partial charge on any atom is 0.138 e. The molecule has 1 aromatic carbocycles. The number of ketones is 1. The van der Waals surface area contributed by atoms with Crippen molar-refractivity contribution in [3.63, 3.8) is 0 Å². The molecule has 1 N–H and O–H groups in total. The molecule has 0 atom stereocenters. The number of halogens is 1. The minimum absolute atomic E-state index is 0. The van der Waals surface area contributed by atoms with E-state index in [1.54, 1.807) is 0 Å². The van der Waals surface area contributed by atoms with Crippen LogP contribution < -0.4 is 5.32 Å². The second kappa shape index (κ2) is 5.26. The van der Waals surface area contributed by atoms with Crippen LogP contribution in [0.4, 0.5) is 0 Å². The molecule has 0 saturated carbocycles. The first-order valence-electron chi connectivity index (χ1n) is 6.94. The first-order chi connectivity index (χ1) is 8.56. The number of hydrogen-bond donors (Lipinski definition) is 1. The summed E-state index contributed by atoms with van der Waals surface area (Å²) in [5.74, 6) is 0.388. The summed E-state index contributed by atoms with van der Waals surface area (Å²) in [6.45, 7) is 6.53. The molecule has 19 heavy (non-hydrogen) atoms. The van der Waals surface area contributed by atoms with Gasteiger partial charge in [-0.15, -0.1) is 12.4 Å². The second-order valence-corrected chi connectivity index (χ2v) is 6.30. The summed E-state index contributed by atoms with van der Waals surface area (Å²) in [6, 6.07) is 4.68. The standard InChI is InChI=1S/C16H21NO.ClH/c1-16(2)10-14(18)8-13-7-11-3-5-17-6-4-12(11)9-15(13)16;/h7,9,17H,3-6,8,10H2,1-2H3;1H. The predicted octanol–water partition coefficient (Wildman–Crippen LogP) is 2.59. The van der Waals surface area contributed by atoms with Gasteiger partial charge in [-0.1, -0.05) is 26.0 Å². The lowest BCUT2D eigenvalue weighted by atomic mass is 9.71. The topological polar surface area (TPSA) is 29.1 Å². The molecule has 0 radical (unpaired) electrons. The third-order valence-corrected chi connectivity index (χ3v) is 4.32. The highest BCUT2D eigenvalue weighted by Crippen LogP contribution is 2.37. The molecule has 3 heteroatoms. The van der Waals surface area contributed by atoms with Crippen molar-refractivity contribution in [2.24, 2.45) is 0 Å². The highest BCUT2D eigenvalue weighted by molar-refractivity contribution is 5.85. The molecule has 1 aromatic rings. The van der Waals surface area contributed by atoms with Gasteiger partial charge in [-0.25, -0.2) is 0 Å². The Kier molecular flexibility index (Phi) is 4.03. The zero-order chi connectivity index (χ0) is 12.8. The molecule has 0 fully saturated rings. The Balaban J connectivity index is 0.00000133. The minimum atomic E-state index is 0. The van der Waals surface area contributed by atoms with Gasteiger partial charge >= 0.3 is 0 Å². The predicted molar refractivity (Wildman–Crippen MR) is 80.3 cm³/mol. The summed E-state index contributed by atoms with van der Waals surface area (Å²) >= 11 is 0. The summed E-state index contributed by atoms with van der Waals surface area (Å²) in [7, 11) is 0. The highest BCUT2D eigenvalue weighted by atomic mass is 35.5. The lowest BCUT2D eigenvalue weighted by Crippen LogP contribution is -2.30. The number of carbonyl (C=O) groups excluding carboxylic acids is 1. The van der Waals surface area contributed by atoms with Gasteiger partial charge in [0.1, 0.15) is 5.78 Å². The van der Waals surface area contributed by atoms with Crippen molar-refractivity contribution in [3.05, 3.63) is 34.4 Å². The average Bonchev–Trinajstić information content (AvgIpc) is 2.50. The van der Waals surface area contributed by atoms with Crippen LogP contribution in [-0.4, -0.2) is 18.9 Å².